The van der Waals surface area contributed by atoms with E-state index in [1.165, 1.54) is 18.4 Å². The van der Waals surface area contributed by atoms with Gasteiger partial charge in [-0.3, -0.25) is 4.90 Å². The molecule has 0 spiro atoms. The van der Waals surface area contributed by atoms with Crippen molar-refractivity contribution in [2.45, 2.75) is 26.3 Å². The SMILES string of the molecule is CC1CCN(CCNC(=O)Nc2ccc3c(ccn3CCN3CCOCC3)c2)CC1. The maximum Gasteiger partial charge on any atom is 0.319 e. The van der Waals surface area contributed by atoms with Crippen molar-refractivity contribution in [2.24, 2.45) is 5.92 Å². The third-order valence-corrected chi connectivity index (χ3v) is 6.38. The first kappa shape index (κ1) is 21.2. The van der Waals surface area contributed by atoms with Crippen LogP contribution in [0.2, 0.25) is 0 Å². The lowest BCUT2D eigenvalue weighted by Gasteiger charge is -2.30. The summed E-state index contributed by atoms with van der Waals surface area (Å²) in [6, 6.07) is 8.12. The number of amides is 2. The Balaban J connectivity index is 1.23. The van der Waals surface area contributed by atoms with Gasteiger partial charge in [0.2, 0.25) is 0 Å². The number of hydrogen-bond acceptors (Lipinski definition) is 4. The molecule has 0 aliphatic carbocycles. The molecule has 2 aliphatic rings. The molecule has 2 aromatic rings. The summed E-state index contributed by atoms with van der Waals surface area (Å²) in [5.74, 6) is 0.835. The van der Waals surface area contributed by atoms with Gasteiger partial charge in [-0.05, 0) is 56.1 Å². The Morgan fingerprint density at radius 2 is 1.80 bits per heavy atom. The molecule has 3 heterocycles. The molecule has 30 heavy (non-hydrogen) atoms. The molecule has 0 radical (unpaired) electrons. The molecule has 0 bridgehead atoms. The van der Waals surface area contributed by atoms with Gasteiger partial charge in [0.05, 0.1) is 13.2 Å². The highest BCUT2D eigenvalue weighted by molar-refractivity contribution is 5.92. The molecule has 2 saturated heterocycles. The second-order valence-corrected chi connectivity index (χ2v) is 8.64. The number of rotatable bonds is 7. The van der Waals surface area contributed by atoms with E-state index in [1.54, 1.807) is 0 Å². The van der Waals surface area contributed by atoms with E-state index < -0.39 is 0 Å². The van der Waals surface area contributed by atoms with E-state index >= 15 is 0 Å². The summed E-state index contributed by atoms with van der Waals surface area (Å²) in [7, 11) is 0. The van der Waals surface area contributed by atoms with Crippen molar-refractivity contribution in [3.63, 3.8) is 0 Å². The highest BCUT2D eigenvalue weighted by Gasteiger charge is 2.15. The van der Waals surface area contributed by atoms with Gasteiger partial charge in [0, 0.05) is 62.1 Å². The average Bonchev–Trinajstić information content (AvgIpc) is 3.16. The van der Waals surface area contributed by atoms with Crippen LogP contribution in [0.25, 0.3) is 10.9 Å². The minimum absolute atomic E-state index is 0.133. The molecule has 7 heteroatoms. The summed E-state index contributed by atoms with van der Waals surface area (Å²) < 4.78 is 7.71. The van der Waals surface area contributed by atoms with Crippen LogP contribution < -0.4 is 10.6 Å². The summed E-state index contributed by atoms with van der Waals surface area (Å²) in [5.41, 5.74) is 2.03. The molecule has 0 unspecified atom stereocenters. The van der Waals surface area contributed by atoms with Crippen molar-refractivity contribution in [3.05, 3.63) is 30.5 Å². The number of morpholine rings is 1. The standard InChI is InChI=1S/C23H35N5O2/c1-19-4-8-26(9-5-19)11-7-24-23(29)25-21-2-3-22-20(18-21)6-10-28(22)13-12-27-14-16-30-17-15-27/h2-3,6,10,18-19H,4-5,7-9,11-17H2,1H3,(H2,24,25,29). The fourth-order valence-corrected chi connectivity index (χ4v) is 4.34. The van der Waals surface area contributed by atoms with Gasteiger partial charge in [-0.2, -0.15) is 0 Å². The first-order valence-corrected chi connectivity index (χ1v) is 11.3. The molecule has 1 aromatic carbocycles. The van der Waals surface area contributed by atoms with Crippen molar-refractivity contribution in [2.75, 3.05) is 64.3 Å². The number of hydrogen-bond donors (Lipinski definition) is 2. The number of fused-ring (bicyclic) bond motifs is 1. The summed E-state index contributed by atoms with van der Waals surface area (Å²) in [6.07, 6.45) is 4.66. The Kier molecular flexibility index (Phi) is 7.25. The number of urea groups is 1. The van der Waals surface area contributed by atoms with Crippen molar-refractivity contribution < 1.29 is 9.53 Å². The monoisotopic (exact) mass is 413 g/mol. The fraction of sp³-hybridized carbons (Fsp3) is 0.609. The van der Waals surface area contributed by atoms with E-state index in [4.69, 9.17) is 4.74 Å². The predicted octanol–water partition coefficient (Wildman–Crippen LogP) is 2.83. The van der Waals surface area contributed by atoms with Gasteiger partial charge in [-0.1, -0.05) is 6.92 Å². The van der Waals surface area contributed by atoms with E-state index in [0.29, 0.717) is 6.54 Å². The maximum absolute atomic E-state index is 12.3. The molecule has 4 rings (SSSR count). The van der Waals surface area contributed by atoms with Gasteiger partial charge >= 0.3 is 6.03 Å². The largest absolute Gasteiger partial charge is 0.379 e. The third-order valence-electron chi connectivity index (χ3n) is 6.38. The maximum atomic E-state index is 12.3. The fourth-order valence-electron chi connectivity index (χ4n) is 4.34. The van der Waals surface area contributed by atoms with Gasteiger partial charge in [-0.25, -0.2) is 4.79 Å². The molecule has 0 atom stereocenters. The van der Waals surface area contributed by atoms with E-state index in [-0.39, 0.29) is 6.03 Å². The van der Waals surface area contributed by atoms with Gasteiger partial charge < -0.3 is 24.8 Å². The summed E-state index contributed by atoms with van der Waals surface area (Å²) in [4.78, 5) is 17.1. The lowest BCUT2D eigenvalue weighted by molar-refractivity contribution is 0.0365. The van der Waals surface area contributed by atoms with Gasteiger partial charge in [0.1, 0.15) is 0 Å². The smallest absolute Gasteiger partial charge is 0.319 e. The Morgan fingerprint density at radius 3 is 2.60 bits per heavy atom. The Labute approximate surface area is 179 Å². The van der Waals surface area contributed by atoms with E-state index in [0.717, 1.165) is 76.0 Å². The number of aromatic nitrogens is 1. The third kappa shape index (κ3) is 5.74. The lowest BCUT2D eigenvalue weighted by Crippen LogP contribution is -2.40. The van der Waals surface area contributed by atoms with Gasteiger partial charge in [0.15, 0.2) is 0 Å². The number of carbonyl (C=O) groups excluding carboxylic acids is 1. The predicted molar refractivity (Wildman–Crippen MR) is 121 cm³/mol. The quantitative estimate of drug-likeness (QED) is 0.733. The molecule has 1 aromatic heterocycles. The normalized spacial score (nSPS) is 19.2. The molecule has 2 N–H and O–H groups in total. The molecule has 2 amide bonds. The van der Waals surface area contributed by atoms with Crippen molar-refractivity contribution in [3.8, 4) is 0 Å². The highest BCUT2D eigenvalue weighted by Crippen LogP contribution is 2.21. The second-order valence-electron chi connectivity index (χ2n) is 8.64. The van der Waals surface area contributed by atoms with E-state index in [1.807, 2.05) is 12.1 Å². The van der Waals surface area contributed by atoms with Crippen LogP contribution in [-0.4, -0.2) is 79.4 Å². The Morgan fingerprint density at radius 1 is 1.03 bits per heavy atom. The van der Waals surface area contributed by atoms with Crippen LogP contribution in [-0.2, 0) is 11.3 Å². The molecule has 0 saturated carbocycles. The molecule has 164 valence electrons. The lowest BCUT2D eigenvalue weighted by atomic mass is 9.99. The first-order valence-electron chi connectivity index (χ1n) is 11.3. The van der Waals surface area contributed by atoms with Gasteiger partial charge in [0.25, 0.3) is 0 Å². The van der Waals surface area contributed by atoms with Crippen LogP contribution in [0.15, 0.2) is 30.5 Å². The van der Waals surface area contributed by atoms with Crippen LogP contribution in [0, 0.1) is 5.92 Å². The van der Waals surface area contributed by atoms with Crippen molar-refractivity contribution >= 4 is 22.6 Å². The zero-order valence-corrected chi connectivity index (χ0v) is 18.1. The van der Waals surface area contributed by atoms with E-state index in [2.05, 4.69) is 50.3 Å². The summed E-state index contributed by atoms with van der Waals surface area (Å²) in [6.45, 7) is 11.9. The number of piperidine rings is 1. The topological polar surface area (TPSA) is 61.8 Å². The van der Waals surface area contributed by atoms with Crippen LogP contribution in [0.4, 0.5) is 10.5 Å². The minimum atomic E-state index is -0.133. The Hall–Kier alpha value is -2.09. The van der Waals surface area contributed by atoms with Crippen molar-refractivity contribution in [1.29, 1.82) is 0 Å². The number of carbonyl (C=O) groups is 1. The zero-order chi connectivity index (χ0) is 20.8. The molecule has 2 aliphatic heterocycles. The number of benzene rings is 1. The van der Waals surface area contributed by atoms with E-state index in [9.17, 15) is 4.79 Å². The van der Waals surface area contributed by atoms with Crippen LogP contribution in [0.5, 0.6) is 0 Å². The first-order chi connectivity index (χ1) is 14.7. The molecular weight excluding hydrogens is 378 g/mol. The molecular formula is C23H35N5O2. The number of nitrogens with one attached hydrogen (secondary N) is 2. The Bertz CT molecular complexity index is 822. The molecule has 7 nitrogen and oxygen atoms in total. The summed E-state index contributed by atoms with van der Waals surface area (Å²) >= 11 is 0. The summed E-state index contributed by atoms with van der Waals surface area (Å²) in [5, 5.41) is 7.11. The average molecular weight is 414 g/mol. The van der Waals surface area contributed by atoms with Crippen LogP contribution in [0.1, 0.15) is 19.8 Å². The van der Waals surface area contributed by atoms with Gasteiger partial charge in [-0.15, -0.1) is 0 Å². The number of likely N-dealkylation sites (tertiary alicyclic amines) is 1. The number of nitrogens with zero attached hydrogens (tertiary/aromatic N) is 3. The van der Waals surface area contributed by atoms with Crippen molar-refractivity contribution in [1.82, 2.24) is 19.7 Å². The second kappa shape index (κ2) is 10.3. The number of ether oxygens (including phenoxy) is 1. The highest BCUT2D eigenvalue weighted by atomic mass is 16.5. The number of anilines is 1. The zero-order valence-electron chi connectivity index (χ0n) is 18.1. The minimum Gasteiger partial charge on any atom is -0.379 e. The van der Waals surface area contributed by atoms with Crippen LogP contribution >= 0.6 is 0 Å². The van der Waals surface area contributed by atoms with Crippen LogP contribution in [0.3, 0.4) is 0 Å². The molecule has 2 fully saturated rings.